The lowest BCUT2D eigenvalue weighted by molar-refractivity contribution is -0.125. The molecular weight excluding hydrogens is 280 g/mol. The van der Waals surface area contributed by atoms with E-state index in [4.69, 9.17) is 4.74 Å². The van der Waals surface area contributed by atoms with E-state index >= 15 is 0 Å². The third kappa shape index (κ3) is 3.08. The molecule has 0 aromatic heterocycles. The zero-order valence-electron chi connectivity index (χ0n) is 13.8. The first-order valence-corrected chi connectivity index (χ1v) is 7.87. The van der Waals surface area contributed by atoms with E-state index in [1.807, 2.05) is 4.90 Å². The molecule has 1 heterocycles. The first kappa shape index (κ1) is 16.3. The standard InChI is InChI=1S/C17H24N2O3/c1-5-9-19(10-6-2)17(21)13-7-8-15-14(11-13)18(4)16(20)12(3)22-15/h7-8,11-12H,5-6,9-10H2,1-4H3. The van der Waals surface area contributed by atoms with Crippen molar-refractivity contribution in [2.45, 2.75) is 39.7 Å². The fourth-order valence-corrected chi connectivity index (χ4v) is 2.68. The van der Waals surface area contributed by atoms with E-state index in [0.717, 1.165) is 25.9 Å². The van der Waals surface area contributed by atoms with Crippen LogP contribution in [-0.4, -0.2) is 43.0 Å². The lowest BCUT2D eigenvalue weighted by Crippen LogP contribution is -2.42. The van der Waals surface area contributed by atoms with Crippen molar-refractivity contribution in [1.82, 2.24) is 4.90 Å². The summed E-state index contributed by atoms with van der Waals surface area (Å²) in [7, 11) is 1.71. The summed E-state index contributed by atoms with van der Waals surface area (Å²) in [6.45, 7) is 7.33. The van der Waals surface area contributed by atoms with Crippen molar-refractivity contribution in [2.24, 2.45) is 0 Å². The summed E-state index contributed by atoms with van der Waals surface area (Å²) in [5, 5.41) is 0. The minimum absolute atomic E-state index is 0.00553. The van der Waals surface area contributed by atoms with Gasteiger partial charge >= 0.3 is 0 Å². The normalized spacial score (nSPS) is 17.0. The Bertz CT molecular complexity index is 565. The van der Waals surface area contributed by atoms with Crippen molar-refractivity contribution in [3.05, 3.63) is 23.8 Å². The monoisotopic (exact) mass is 304 g/mol. The second kappa shape index (κ2) is 6.81. The van der Waals surface area contributed by atoms with Crippen LogP contribution in [0.1, 0.15) is 44.0 Å². The summed E-state index contributed by atoms with van der Waals surface area (Å²) in [5.41, 5.74) is 1.25. The number of carbonyl (C=O) groups excluding carboxylic acids is 2. The number of hydrogen-bond donors (Lipinski definition) is 0. The Labute approximate surface area is 131 Å². The molecule has 1 aliphatic rings. The van der Waals surface area contributed by atoms with Crippen molar-refractivity contribution >= 4 is 17.5 Å². The quantitative estimate of drug-likeness (QED) is 0.840. The van der Waals surface area contributed by atoms with Gasteiger partial charge in [0, 0.05) is 25.7 Å². The molecular formula is C17H24N2O3. The summed E-state index contributed by atoms with van der Waals surface area (Å²) >= 11 is 0. The molecule has 0 N–H and O–H groups in total. The third-order valence-corrected chi connectivity index (χ3v) is 3.82. The van der Waals surface area contributed by atoms with Crippen molar-refractivity contribution < 1.29 is 14.3 Å². The Morgan fingerprint density at radius 1 is 1.27 bits per heavy atom. The van der Waals surface area contributed by atoms with Crippen LogP contribution in [0.5, 0.6) is 5.75 Å². The molecule has 0 bridgehead atoms. The number of hydrogen-bond acceptors (Lipinski definition) is 3. The van der Waals surface area contributed by atoms with Crippen LogP contribution in [0.15, 0.2) is 18.2 Å². The summed E-state index contributed by atoms with van der Waals surface area (Å²) < 4.78 is 5.59. The van der Waals surface area contributed by atoms with Gasteiger partial charge in [-0.25, -0.2) is 0 Å². The van der Waals surface area contributed by atoms with Gasteiger partial charge in [-0.15, -0.1) is 0 Å². The maximum atomic E-state index is 12.6. The van der Waals surface area contributed by atoms with Gasteiger partial charge in [-0.3, -0.25) is 9.59 Å². The average molecular weight is 304 g/mol. The van der Waals surface area contributed by atoms with Crippen molar-refractivity contribution in [3.8, 4) is 5.75 Å². The molecule has 0 fully saturated rings. The molecule has 1 unspecified atom stereocenters. The summed E-state index contributed by atoms with van der Waals surface area (Å²) in [6, 6.07) is 5.30. The Hall–Kier alpha value is -2.04. The van der Waals surface area contributed by atoms with Crippen LogP contribution in [0.4, 0.5) is 5.69 Å². The fraction of sp³-hybridized carbons (Fsp3) is 0.529. The van der Waals surface area contributed by atoms with Gasteiger partial charge in [0.15, 0.2) is 6.10 Å². The van der Waals surface area contributed by atoms with E-state index in [-0.39, 0.29) is 11.8 Å². The number of fused-ring (bicyclic) bond motifs is 1. The zero-order chi connectivity index (χ0) is 16.3. The predicted molar refractivity (Wildman–Crippen MR) is 86.4 cm³/mol. The highest BCUT2D eigenvalue weighted by atomic mass is 16.5. The van der Waals surface area contributed by atoms with Crippen LogP contribution >= 0.6 is 0 Å². The molecule has 0 radical (unpaired) electrons. The Kier molecular flexibility index (Phi) is 5.06. The molecule has 5 heteroatoms. The summed E-state index contributed by atoms with van der Waals surface area (Å²) in [6.07, 6.45) is 1.36. The van der Waals surface area contributed by atoms with E-state index in [1.54, 1.807) is 37.1 Å². The van der Waals surface area contributed by atoms with Gasteiger partial charge in [0.2, 0.25) is 0 Å². The number of anilines is 1. The number of benzene rings is 1. The van der Waals surface area contributed by atoms with Gasteiger partial charge in [0.05, 0.1) is 5.69 Å². The number of likely N-dealkylation sites (N-methyl/N-ethyl adjacent to an activating group) is 1. The van der Waals surface area contributed by atoms with Gasteiger partial charge in [-0.1, -0.05) is 13.8 Å². The molecule has 0 spiro atoms. The van der Waals surface area contributed by atoms with Gasteiger partial charge in [-0.05, 0) is 38.0 Å². The van der Waals surface area contributed by atoms with Crippen LogP contribution in [0.25, 0.3) is 0 Å². The minimum atomic E-state index is -0.490. The number of rotatable bonds is 5. The van der Waals surface area contributed by atoms with Crippen LogP contribution in [-0.2, 0) is 4.79 Å². The van der Waals surface area contributed by atoms with Crippen LogP contribution in [0.2, 0.25) is 0 Å². The van der Waals surface area contributed by atoms with Crippen LogP contribution in [0, 0.1) is 0 Å². The van der Waals surface area contributed by atoms with Gasteiger partial charge < -0.3 is 14.5 Å². The molecule has 2 amide bonds. The number of ether oxygens (including phenoxy) is 1. The van der Waals surface area contributed by atoms with E-state index in [9.17, 15) is 9.59 Å². The largest absolute Gasteiger partial charge is 0.479 e. The average Bonchev–Trinajstić information content (AvgIpc) is 2.51. The first-order chi connectivity index (χ1) is 10.5. The molecule has 22 heavy (non-hydrogen) atoms. The minimum Gasteiger partial charge on any atom is -0.479 e. The van der Waals surface area contributed by atoms with E-state index in [2.05, 4.69) is 13.8 Å². The Balaban J connectivity index is 2.30. The molecule has 0 aliphatic carbocycles. The highest BCUT2D eigenvalue weighted by Crippen LogP contribution is 2.34. The SMILES string of the molecule is CCCN(CCC)C(=O)c1ccc2c(c1)N(C)C(=O)C(C)O2. The Morgan fingerprint density at radius 3 is 2.50 bits per heavy atom. The highest BCUT2D eigenvalue weighted by molar-refractivity contribution is 6.02. The maximum Gasteiger partial charge on any atom is 0.267 e. The zero-order valence-corrected chi connectivity index (χ0v) is 13.8. The van der Waals surface area contributed by atoms with Gasteiger partial charge in [0.25, 0.3) is 11.8 Å². The number of amides is 2. The van der Waals surface area contributed by atoms with Crippen LogP contribution in [0.3, 0.4) is 0 Å². The molecule has 1 aromatic rings. The van der Waals surface area contributed by atoms with E-state index in [0.29, 0.717) is 17.0 Å². The molecule has 1 aromatic carbocycles. The fourth-order valence-electron chi connectivity index (χ4n) is 2.68. The lowest BCUT2D eigenvalue weighted by Gasteiger charge is -2.31. The van der Waals surface area contributed by atoms with Crippen molar-refractivity contribution in [1.29, 1.82) is 0 Å². The predicted octanol–water partition coefficient (Wildman–Crippen LogP) is 2.69. The maximum absolute atomic E-state index is 12.6. The molecule has 2 rings (SSSR count). The van der Waals surface area contributed by atoms with Crippen molar-refractivity contribution in [2.75, 3.05) is 25.0 Å². The molecule has 1 aliphatic heterocycles. The molecule has 1 atom stereocenters. The van der Waals surface area contributed by atoms with Gasteiger partial charge in [0.1, 0.15) is 5.75 Å². The second-order valence-corrected chi connectivity index (χ2v) is 5.63. The summed E-state index contributed by atoms with van der Waals surface area (Å²) in [4.78, 5) is 28.1. The topological polar surface area (TPSA) is 49.9 Å². The molecule has 0 saturated carbocycles. The van der Waals surface area contributed by atoms with E-state index in [1.165, 1.54) is 0 Å². The first-order valence-electron chi connectivity index (χ1n) is 7.87. The van der Waals surface area contributed by atoms with Crippen molar-refractivity contribution in [3.63, 3.8) is 0 Å². The lowest BCUT2D eigenvalue weighted by atomic mass is 10.1. The molecule has 120 valence electrons. The third-order valence-electron chi connectivity index (χ3n) is 3.82. The Morgan fingerprint density at radius 2 is 1.91 bits per heavy atom. The smallest absolute Gasteiger partial charge is 0.267 e. The number of carbonyl (C=O) groups is 2. The highest BCUT2D eigenvalue weighted by Gasteiger charge is 2.29. The molecule has 0 saturated heterocycles. The van der Waals surface area contributed by atoms with Gasteiger partial charge in [-0.2, -0.15) is 0 Å². The summed E-state index contributed by atoms with van der Waals surface area (Å²) in [5.74, 6) is 0.547. The second-order valence-electron chi connectivity index (χ2n) is 5.63. The molecule has 5 nitrogen and oxygen atoms in total. The number of nitrogens with zero attached hydrogens (tertiary/aromatic N) is 2. The van der Waals surface area contributed by atoms with E-state index < -0.39 is 6.10 Å². The van der Waals surface area contributed by atoms with Crippen LogP contribution < -0.4 is 9.64 Å².